The number of rotatable bonds is 3. The van der Waals surface area contributed by atoms with Crippen molar-refractivity contribution in [3.8, 4) is 0 Å². The van der Waals surface area contributed by atoms with Gasteiger partial charge in [0.1, 0.15) is 0 Å². The maximum Gasteiger partial charge on any atom is 0.0149 e. The number of fused-ring (bicyclic) bond motifs is 1. The Morgan fingerprint density at radius 1 is 1.23 bits per heavy atom. The normalized spacial score (nSPS) is 16.1. The second-order valence-electron chi connectivity index (χ2n) is 3.62. The lowest BCUT2D eigenvalue weighted by atomic mass is 10.1. The molecule has 2 rings (SSSR count). The molecule has 1 aliphatic rings. The zero-order valence-corrected chi connectivity index (χ0v) is 7.79. The van der Waals surface area contributed by atoms with Crippen LogP contribution >= 0.6 is 0 Å². The van der Waals surface area contributed by atoms with E-state index in [0.717, 1.165) is 25.9 Å². The average Bonchev–Trinajstić information content (AvgIpc) is 2.57. The van der Waals surface area contributed by atoms with Crippen molar-refractivity contribution in [3.63, 3.8) is 0 Å². The highest BCUT2D eigenvalue weighted by Gasteiger charge is 2.19. The number of benzene rings is 1. The summed E-state index contributed by atoms with van der Waals surface area (Å²) in [5.41, 5.74) is 8.44. The van der Waals surface area contributed by atoms with Crippen molar-refractivity contribution >= 4 is 0 Å². The topological polar surface area (TPSA) is 38.0 Å². The highest BCUT2D eigenvalue weighted by atomic mass is 14.9. The van der Waals surface area contributed by atoms with Gasteiger partial charge in [-0.25, -0.2) is 0 Å². The highest BCUT2D eigenvalue weighted by molar-refractivity contribution is 5.33. The third-order valence-electron chi connectivity index (χ3n) is 2.63. The molecule has 0 heterocycles. The van der Waals surface area contributed by atoms with E-state index in [1.165, 1.54) is 11.1 Å². The third-order valence-corrected chi connectivity index (χ3v) is 2.63. The maximum atomic E-state index is 5.45. The van der Waals surface area contributed by atoms with Crippen LogP contribution in [0.25, 0.3) is 0 Å². The van der Waals surface area contributed by atoms with Crippen molar-refractivity contribution in [3.05, 3.63) is 35.4 Å². The van der Waals surface area contributed by atoms with E-state index >= 15 is 0 Å². The molecule has 0 spiro atoms. The van der Waals surface area contributed by atoms with Crippen molar-refractivity contribution in [1.82, 2.24) is 5.32 Å². The third kappa shape index (κ3) is 1.90. The largest absolute Gasteiger partial charge is 0.329 e. The van der Waals surface area contributed by atoms with Crippen LogP contribution in [0.1, 0.15) is 11.1 Å². The van der Waals surface area contributed by atoms with Crippen molar-refractivity contribution in [2.75, 3.05) is 13.1 Å². The molecule has 70 valence electrons. The smallest absolute Gasteiger partial charge is 0.0149 e. The first-order valence-electron chi connectivity index (χ1n) is 4.90. The molecule has 0 saturated carbocycles. The number of hydrogen-bond donors (Lipinski definition) is 2. The van der Waals surface area contributed by atoms with Crippen LogP contribution in [0.15, 0.2) is 24.3 Å². The molecule has 0 unspecified atom stereocenters. The Labute approximate surface area is 79.1 Å². The Morgan fingerprint density at radius 3 is 2.38 bits per heavy atom. The monoisotopic (exact) mass is 176 g/mol. The van der Waals surface area contributed by atoms with Gasteiger partial charge in [-0.3, -0.25) is 0 Å². The van der Waals surface area contributed by atoms with Gasteiger partial charge in [0.15, 0.2) is 0 Å². The van der Waals surface area contributed by atoms with E-state index in [9.17, 15) is 0 Å². The van der Waals surface area contributed by atoms with E-state index in [-0.39, 0.29) is 0 Å². The minimum Gasteiger partial charge on any atom is -0.329 e. The van der Waals surface area contributed by atoms with E-state index in [0.29, 0.717) is 6.04 Å². The number of hydrogen-bond acceptors (Lipinski definition) is 2. The summed E-state index contributed by atoms with van der Waals surface area (Å²) in [6.45, 7) is 1.66. The summed E-state index contributed by atoms with van der Waals surface area (Å²) in [6, 6.07) is 9.29. The molecule has 0 radical (unpaired) electrons. The molecule has 0 fully saturated rings. The molecule has 0 amide bonds. The molecule has 2 nitrogen and oxygen atoms in total. The Balaban J connectivity index is 1.97. The first kappa shape index (κ1) is 8.73. The first-order chi connectivity index (χ1) is 6.40. The molecular weight excluding hydrogens is 160 g/mol. The Bertz CT molecular complexity index is 258. The quantitative estimate of drug-likeness (QED) is 0.711. The standard InChI is InChI=1S/C11H16N2/c12-5-6-13-11-7-9-3-1-2-4-10(9)8-11/h1-4,11,13H,5-8,12H2. The van der Waals surface area contributed by atoms with Gasteiger partial charge in [0.2, 0.25) is 0 Å². The molecule has 0 saturated heterocycles. The van der Waals surface area contributed by atoms with Crippen molar-refractivity contribution in [2.24, 2.45) is 5.73 Å². The van der Waals surface area contributed by atoms with Gasteiger partial charge in [-0.05, 0) is 24.0 Å². The van der Waals surface area contributed by atoms with E-state index in [2.05, 4.69) is 29.6 Å². The average molecular weight is 176 g/mol. The van der Waals surface area contributed by atoms with Crippen LogP contribution in [0.5, 0.6) is 0 Å². The summed E-state index contributed by atoms with van der Waals surface area (Å²) in [5, 5.41) is 3.45. The van der Waals surface area contributed by atoms with E-state index in [1.807, 2.05) is 0 Å². The van der Waals surface area contributed by atoms with Gasteiger partial charge in [-0.2, -0.15) is 0 Å². The molecule has 1 aromatic rings. The Kier molecular flexibility index (Phi) is 2.62. The predicted molar refractivity (Wildman–Crippen MR) is 54.7 cm³/mol. The van der Waals surface area contributed by atoms with Gasteiger partial charge in [0, 0.05) is 19.1 Å². The van der Waals surface area contributed by atoms with Gasteiger partial charge >= 0.3 is 0 Å². The Hall–Kier alpha value is -0.860. The van der Waals surface area contributed by atoms with Gasteiger partial charge in [0.25, 0.3) is 0 Å². The molecule has 0 aromatic heterocycles. The second kappa shape index (κ2) is 3.90. The molecule has 0 aliphatic heterocycles. The fraction of sp³-hybridized carbons (Fsp3) is 0.455. The summed E-state index contributed by atoms with van der Waals surface area (Å²) in [4.78, 5) is 0. The lowest BCUT2D eigenvalue weighted by Gasteiger charge is -2.09. The molecule has 0 atom stereocenters. The SMILES string of the molecule is NCCNC1Cc2ccccc2C1. The van der Waals surface area contributed by atoms with Gasteiger partial charge in [-0.15, -0.1) is 0 Å². The van der Waals surface area contributed by atoms with Crippen LogP contribution in [-0.4, -0.2) is 19.1 Å². The molecule has 0 bridgehead atoms. The lowest BCUT2D eigenvalue weighted by Crippen LogP contribution is -2.33. The van der Waals surface area contributed by atoms with E-state index in [1.54, 1.807) is 0 Å². The van der Waals surface area contributed by atoms with Crippen LogP contribution in [0.2, 0.25) is 0 Å². The van der Waals surface area contributed by atoms with Gasteiger partial charge in [0.05, 0.1) is 0 Å². The lowest BCUT2D eigenvalue weighted by molar-refractivity contribution is 0.540. The molecule has 13 heavy (non-hydrogen) atoms. The number of nitrogens with two attached hydrogens (primary N) is 1. The fourth-order valence-electron chi connectivity index (χ4n) is 1.99. The number of nitrogens with one attached hydrogen (secondary N) is 1. The summed E-state index contributed by atoms with van der Waals surface area (Å²) >= 11 is 0. The van der Waals surface area contributed by atoms with Crippen LogP contribution in [-0.2, 0) is 12.8 Å². The maximum absolute atomic E-state index is 5.45. The van der Waals surface area contributed by atoms with Crippen molar-refractivity contribution < 1.29 is 0 Å². The van der Waals surface area contributed by atoms with Gasteiger partial charge < -0.3 is 11.1 Å². The molecule has 1 aliphatic carbocycles. The first-order valence-corrected chi connectivity index (χ1v) is 4.90. The van der Waals surface area contributed by atoms with Crippen molar-refractivity contribution in [1.29, 1.82) is 0 Å². The van der Waals surface area contributed by atoms with E-state index < -0.39 is 0 Å². The van der Waals surface area contributed by atoms with Crippen LogP contribution < -0.4 is 11.1 Å². The van der Waals surface area contributed by atoms with Crippen molar-refractivity contribution in [2.45, 2.75) is 18.9 Å². The van der Waals surface area contributed by atoms with E-state index in [4.69, 9.17) is 5.73 Å². The van der Waals surface area contributed by atoms with Crippen LogP contribution in [0.4, 0.5) is 0 Å². The highest BCUT2D eigenvalue weighted by Crippen LogP contribution is 2.21. The summed E-state index contributed by atoms with van der Waals surface area (Å²) in [7, 11) is 0. The zero-order chi connectivity index (χ0) is 9.10. The van der Waals surface area contributed by atoms with Crippen LogP contribution in [0.3, 0.4) is 0 Å². The summed E-state index contributed by atoms with van der Waals surface area (Å²) < 4.78 is 0. The Morgan fingerprint density at radius 2 is 1.85 bits per heavy atom. The van der Waals surface area contributed by atoms with Crippen LogP contribution in [0, 0.1) is 0 Å². The molecule has 1 aromatic carbocycles. The van der Waals surface area contributed by atoms with Gasteiger partial charge in [-0.1, -0.05) is 24.3 Å². The second-order valence-corrected chi connectivity index (χ2v) is 3.62. The minimum absolute atomic E-state index is 0.612. The minimum atomic E-state index is 0.612. The molecule has 2 heteroatoms. The summed E-state index contributed by atoms with van der Waals surface area (Å²) in [5.74, 6) is 0. The summed E-state index contributed by atoms with van der Waals surface area (Å²) in [6.07, 6.45) is 2.33. The fourth-order valence-corrected chi connectivity index (χ4v) is 1.99. The molecular formula is C11H16N2. The zero-order valence-electron chi connectivity index (χ0n) is 7.79. The predicted octanol–water partition coefficient (Wildman–Crippen LogP) is 0.702. The molecule has 3 N–H and O–H groups in total.